The number of ether oxygens (including phenoxy) is 1. The number of hydrogen-bond acceptors (Lipinski definition) is 7. The third kappa shape index (κ3) is 4.99. The number of likely N-dealkylation sites (N-methyl/N-ethyl adjacent to an activating group) is 1. The van der Waals surface area contributed by atoms with Crippen LogP contribution >= 0.6 is 11.3 Å². The van der Waals surface area contributed by atoms with Gasteiger partial charge in [-0.25, -0.2) is 13.4 Å². The molecule has 31 heavy (non-hydrogen) atoms. The summed E-state index contributed by atoms with van der Waals surface area (Å²) in [7, 11) is -2.11. The lowest BCUT2D eigenvalue weighted by Crippen LogP contribution is -2.34. The van der Waals surface area contributed by atoms with E-state index in [4.69, 9.17) is 4.74 Å². The van der Waals surface area contributed by atoms with E-state index in [1.54, 1.807) is 19.4 Å². The molecule has 0 radical (unpaired) electrons. The Labute approximate surface area is 185 Å². The van der Waals surface area contributed by atoms with Gasteiger partial charge in [-0.1, -0.05) is 0 Å². The average Bonchev–Trinajstić information content (AvgIpc) is 3.46. The summed E-state index contributed by atoms with van der Waals surface area (Å²) in [5.41, 5.74) is 1.93. The number of anilines is 1. The van der Waals surface area contributed by atoms with Crippen LogP contribution in [0.5, 0.6) is 0 Å². The molecule has 1 saturated heterocycles. The number of thiazole rings is 1. The Balaban J connectivity index is 1.41. The molecule has 1 N–H and O–H groups in total. The minimum Gasteiger partial charge on any atom is -0.377 e. The van der Waals surface area contributed by atoms with E-state index in [2.05, 4.69) is 15.3 Å². The van der Waals surface area contributed by atoms with Crippen LogP contribution in [0.15, 0.2) is 59.1 Å². The van der Waals surface area contributed by atoms with E-state index in [-0.39, 0.29) is 16.9 Å². The standard InChI is InChI=1S/C21H22N4O4S2/c1-25(13-17-5-3-11-29-17)31(27,28)18-8-6-15(7-9-18)20(26)24-21-23-19(14-30-21)16-4-2-10-22-12-16/h2,4,6-10,12,14,17H,3,5,11,13H2,1H3,(H,23,24,26). The molecule has 0 aliphatic carbocycles. The molecule has 10 heteroatoms. The summed E-state index contributed by atoms with van der Waals surface area (Å²) in [6.45, 7) is 0.985. The van der Waals surface area contributed by atoms with E-state index in [0.29, 0.717) is 23.8 Å². The quantitative estimate of drug-likeness (QED) is 0.583. The third-order valence-corrected chi connectivity index (χ3v) is 7.59. The molecule has 4 rings (SSSR count). The minimum absolute atomic E-state index is 0.0697. The molecule has 3 heterocycles. The summed E-state index contributed by atoms with van der Waals surface area (Å²) >= 11 is 1.31. The van der Waals surface area contributed by atoms with E-state index >= 15 is 0 Å². The molecular formula is C21H22N4O4S2. The van der Waals surface area contributed by atoms with Crippen LogP contribution in [0.3, 0.4) is 0 Å². The minimum atomic E-state index is -3.65. The molecule has 0 saturated carbocycles. The van der Waals surface area contributed by atoms with Gasteiger partial charge in [-0.15, -0.1) is 11.3 Å². The van der Waals surface area contributed by atoms with Crippen LogP contribution in [0.4, 0.5) is 5.13 Å². The molecule has 1 aromatic carbocycles. The predicted molar refractivity (Wildman–Crippen MR) is 119 cm³/mol. The van der Waals surface area contributed by atoms with Crippen molar-refractivity contribution in [3.63, 3.8) is 0 Å². The first kappa shape index (κ1) is 21.6. The Bertz CT molecular complexity index is 1140. The van der Waals surface area contributed by atoms with Gasteiger partial charge in [0.15, 0.2) is 5.13 Å². The number of sulfonamides is 1. The van der Waals surface area contributed by atoms with Gasteiger partial charge in [0.05, 0.1) is 16.7 Å². The van der Waals surface area contributed by atoms with Crippen molar-refractivity contribution >= 4 is 32.4 Å². The zero-order valence-corrected chi connectivity index (χ0v) is 18.5. The molecule has 1 fully saturated rings. The fraction of sp³-hybridized carbons (Fsp3) is 0.286. The first-order valence-corrected chi connectivity index (χ1v) is 12.1. The highest BCUT2D eigenvalue weighted by atomic mass is 32.2. The SMILES string of the molecule is CN(CC1CCCO1)S(=O)(=O)c1ccc(C(=O)Nc2nc(-c3cccnc3)cs2)cc1. The smallest absolute Gasteiger partial charge is 0.257 e. The van der Waals surface area contributed by atoms with Gasteiger partial charge in [0.25, 0.3) is 5.91 Å². The van der Waals surface area contributed by atoms with E-state index in [9.17, 15) is 13.2 Å². The van der Waals surface area contributed by atoms with Crippen molar-refractivity contribution in [2.75, 3.05) is 25.5 Å². The number of nitrogens with zero attached hydrogens (tertiary/aromatic N) is 3. The van der Waals surface area contributed by atoms with Crippen LogP contribution in [-0.4, -0.2) is 54.9 Å². The van der Waals surface area contributed by atoms with Crippen molar-refractivity contribution in [2.45, 2.75) is 23.8 Å². The molecule has 8 nitrogen and oxygen atoms in total. The lowest BCUT2D eigenvalue weighted by atomic mass is 10.2. The summed E-state index contributed by atoms with van der Waals surface area (Å²) in [5.74, 6) is -0.358. The molecule has 2 aromatic heterocycles. The molecule has 3 aromatic rings. The number of benzene rings is 1. The van der Waals surface area contributed by atoms with Crippen LogP contribution in [0.1, 0.15) is 23.2 Å². The number of carbonyl (C=O) groups is 1. The normalized spacial score (nSPS) is 16.5. The largest absolute Gasteiger partial charge is 0.377 e. The summed E-state index contributed by atoms with van der Waals surface area (Å²) in [6.07, 6.45) is 5.13. The van der Waals surface area contributed by atoms with Crippen LogP contribution in [0.2, 0.25) is 0 Å². The third-order valence-electron chi connectivity index (χ3n) is 4.99. The van der Waals surface area contributed by atoms with Crippen molar-refractivity contribution in [1.82, 2.24) is 14.3 Å². The molecule has 1 aliphatic heterocycles. The van der Waals surface area contributed by atoms with Gasteiger partial charge in [0.2, 0.25) is 10.0 Å². The Morgan fingerprint density at radius 3 is 2.77 bits per heavy atom. The molecule has 1 atom stereocenters. The zero-order chi connectivity index (χ0) is 21.8. The summed E-state index contributed by atoms with van der Waals surface area (Å²) < 4.78 is 32.4. The van der Waals surface area contributed by atoms with Gasteiger partial charge in [0, 0.05) is 49.1 Å². The molecule has 162 valence electrons. The Morgan fingerprint density at radius 2 is 2.10 bits per heavy atom. The Kier molecular flexibility index (Phi) is 6.42. The molecule has 0 bridgehead atoms. The fourth-order valence-electron chi connectivity index (χ4n) is 3.28. The summed E-state index contributed by atoms with van der Waals surface area (Å²) in [6, 6.07) is 9.59. The van der Waals surface area contributed by atoms with Crippen LogP contribution in [-0.2, 0) is 14.8 Å². The zero-order valence-electron chi connectivity index (χ0n) is 16.9. The van der Waals surface area contributed by atoms with Crippen molar-refractivity contribution < 1.29 is 17.9 Å². The first-order valence-electron chi connectivity index (χ1n) is 9.79. The van der Waals surface area contributed by atoms with Crippen LogP contribution in [0, 0.1) is 0 Å². The first-order chi connectivity index (χ1) is 14.9. The summed E-state index contributed by atoms with van der Waals surface area (Å²) in [4.78, 5) is 21.2. The molecular weight excluding hydrogens is 436 g/mol. The van der Waals surface area contributed by atoms with Gasteiger partial charge in [-0.2, -0.15) is 4.31 Å². The van der Waals surface area contributed by atoms with Gasteiger partial charge < -0.3 is 4.74 Å². The molecule has 1 amide bonds. The highest BCUT2D eigenvalue weighted by Gasteiger charge is 2.26. The number of amides is 1. The highest BCUT2D eigenvalue weighted by molar-refractivity contribution is 7.89. The van der Waals surface area contributed by atoms with E-state index in [1.165, 1.54) is 39.9 Å². The number of pyridine rings is 1. The van der Waals surface area contributed by atoms with Gasteiger partial charge in [-0.05, 0) is 49.2 Å². The second-order valence-electron chi connectivity index (χ2n) is 7.18. The molecule has 1 unspecified atom stereocenters. The number of rotatable bonds is 7. The molecule has 0 spiro atoms. The second-order valence-corrected chi connectivity index (χ2v) is 10.1. The van der Waals surface area contributed by atoms with Crippen molar-refractivity contribution in [1.29, 1.82) is 0 Å². The number of aromatic nitrogens is 2. The number of nitrogens with one attached hydrogen (secondary N) is 1. The number of carbonyl (C=O) groups excluding carboxylic acids is 1. The van der Waals surface area contributed by atoms with Gasteiger partial charge in [-0.3, -0.25) is 15.1 Å². The predicted octanol–water partition coefficient (Wildman–Crippen LogP) is 3.26. The average molecular weight is 459 g/mol. The van der Waals surface area contributed by atoms with Crippen molar-refractivity contribution in [3.8, 4) is 11.3 Å². The maximum absolute atomic E-state index is 12.8. The maximum atomic E-state index is 12.8. The van der Waals surface area contributed by atoms with E-state index < -0.39 is 10.0 Å². The van der Waals surface area contributed by atoms with Crippen molar-refractivity contribution in [3.05, 3.63) is 59.7 Å². The monoisotopic (exact) mass is 458 g/mol. The van der Waals surface area contributed by atoms with Crippen LogP contribution < -0.4 is 5.32 Å². The van der Waals surface area contributed by atoms with E-state index in [0.717, 1.165) is 24.1 Å². The van der Waals surface area contributed by atoms with Crippen molar-refractivity contribution in [2.24, 2.45) is 0 Å². The van der Waals surface area contributed by atoms with Gasteiger partial charge >= 0.3 is 0 Å². The highest BCUT2D eigenvalue weighted by Crippen LogP contribution is 2.25. The lowest BCUT2D eigenvalue weighted by molar-refractivity contribution is 0.0979. The second kappa shape index (κ2) is 9.23. The van der Waals surface area contributed by atoms with E-state index in [1.807, 2.05) is 17.5 Å². The summed E-state index contributed by atoms with van der Waals surface area (Å²) in [5, 5.41) is 5.04. The Morgan fingerprint density at radius 1 is 1.29 bits per heavy atom. The lowest BCUT2D eigenvalue weighted by Gasteiger charge is -2.20. The fourth-order valence-corrected chi connectivity index (χ4v) is 5.20. The topological polar surface area (TPSA) is 101 Å². The molecule has 1 aliphatic rings. The van der Waals surface area contributed by atoms with Crippen LogP contribution in [0.25, 0.3) is 11.3 Å². The van der Waals surface area contributed by atoms with Gasteiger partial charge in [0.1, 0.15) is 0 Å². The maximum Gasteiger partial charge on any atom is 0.257 e. The number of hydrogen-bond donors (Lipinski definition) is 1. The Hall–Kier alpha value is -2.66.